The highest BCUT2D eigenvalue weighted by Crippen LogP contribution is 2.42. The van der Waals surface area contributed by atoms with Crippen LogP contribution in [0.3, 0.4) is 0 Å². The molecule has 0 aliphatic carbocycles. The molecule has 2 aromatic heterocycles. The van der Waals surface area contributed by atoms with E-state index in [0.29, 0.717) is 17.0 Å². The fraction of sp³-hybridized carbons (Fsp3) is 0.0769. The SMILES string of the molecule is O=C(OCc1ccccc1)N1c2ccccc2C=C(C(=O)n2cccc2)C1c1ccco1. The van der Waals surface area contributed by atoms with E-state index in [4.69, 9.17) is 9.15 Å². The molecular weight excluding hydrogens is 404 g/mol. The van der Waals surface area contributed by atoms with Gasteiger partial charge in [-0.1, -0.05) is 48.5 Å². The van der Waals surface area contributed by atoms with E-state index < -0.39 is 12.1 Å². The van der Waals surface area contributed by atoms with Crippen LogP contribution >= 0.6 is 0 Å². The third kappa shape index (κ3) is 3.63. The zero-order valence-electron chi connectivity index (χ0n) is 17.1. The van der Waals surface area contributed by atoms with Crippen molar-refractivity contribution in [3.05, 3.63) is 120 Å². The van der Waals surface area contributed by atoms with Crippen molar-refractivity contribution in [2.45, 2.75) is 12.6 Å². The number of benzene rings is 2. The number of rotatable bonds is 4. The van der Waals surface area contributed by atoms with E-state index in [-0.39, 0.29) is 12.5 Å². The van der Waals surface area contributed by atoms with Gasteiger partial charge in [0.25, 0.3) is 5.91 Å². The highest BCUT2D eigenvalue weighted by molar-refractivity contribution is 6.07. The van der Waals surface area contributed by atoms with E-state index >= 15 is 0 Å². The van der Waals surface area contributed by atoms with Gasteiger partial charge in [0.05, 0.1) is 12.0 Å². The van der Waals surface area contributed by atoms with Gasteiger partial charge in [-0.3, -0.25) is 14.3 Å². The third-order valence-corrected chi connectivity index (χ3v) is 5.36. The Morgan fingerprint density at radius 2 is 1.62 bits per heavy atom. The molecule has 0 saturated carbocycles. The van der Waals surface area contributed by atoms with E-state index in [0.717, 1.165) is 11.1 Å². The van der Waals surface area contributed by atoms with Gasteiger partial charge in [0, 0.05) is 18.0 Å². The minimum absolute atomic E-state index is 0.119. The quantitative estimate of drug-likeness (QED) is 0.421. The molecule has 1 aliphatic heterocycles. The van der Waals surface area contributed by atoms with Crippen LogP contribution in [0.2, 0.25) is 0 Å². The van der Waals surface area contributed by atoms with Crippen molar-refractivity contribution in [3.63, 3.8) is 0 Å². The normalized spacial score (nSPS) is 15.1. The first-order chi connectivity index (χ1) is 15.7. The highest BCUT2D eigenvalue weighted by Gasteiger charge is 2.40. The summed E-state index contributed by atoms with van der Waals surface area (Å²) in [6.07, 6.45) is 6.14. The lowest BCUT2D eigenvalue weighted by Gasteiger charge is -2.35. The Balaban J connectivity index is 1.57. The summed E-state index contributed by atoms with van der Waals surface area (Å²) in [7, 11) is 0. The fourth-order valence-corrected chi connectivity index (χ4v) is 3.87. The number of amides is 1. The Morgan fingerprint density at radius 3 is 2.38 bits per heavy atom. The zero-order valence-corrected chi connectivity index (χ0v) is 17.1. The highest BCUT2D eigenvalue weighted by atomic mass is 16.6. The van der Waals surface area contributed by atoms with Gasteiger partial charge in [-0.25, -0.2) is 4.79 Å². The minimum Gasteiger partial charge on any atom is -0.467 e. The second kappa shape index (κ2) is 8.43. The van der Waals surface area contributed by atoms with Gasteiger partial charge < -0.3 is 9.15 Å². The summed E-state index contributed by atoms with van der Waals surface area (Å²) in [5.41, 5.74) is 2.69. The van der Waals surface area contributed by atoms with Crippen LogP contribution in [0.25, 0.3) is 6.08 Å². The van der Waals surface area contributed by atoms with Crippen molar-refractivity contribution in [1.82, 2.24) is 4.57 Å². The molecule has 6 heteroatoms. The van der Waals surface area contributed by atoms with Crippen LogP contribution in [0.15, 0.2) is 108 Å². The molecule has 1 unspecified atom stereocenters. The Labute approximate surface area is 185 Å². The van der Waals surface area contributed by atoms with Crippen LogP contribution in [0, 0.1) is 0 Å². The summed E-state index contributed by atoms with van der Waals surface area (Å²) < 4.78 is 12.8. The van der Waals surface area contributed by atoms with Crippen molar-refractivity contribution in [2.75, 3.05) is 4.90 Å². The molecule has 2 aromatic carbocycles. The first-order valence-electron chi connectivity index (χ1n) is 10.2. The third-order valence-electron chi connectivity index (χ3n) is 5.36. The Kier molecular flexibility index (Phi) is 5.17. The first kappa shape index (κ1) is 19.6. The molecule has 5 rings (SSSR count). The number of nitrogens with zero attached hydrogens (tertiary/aromatic N) is 2. The van der Waals surface area contributed by atoms with Crippen molar-refractivity contribution >= 4 is 23.8 Å². The van der Waals surface area contributed by atoms with Crippen molar-refractivity contribution in [1.29, 1.82) is 0 Å². The standard InChI is InChI=1S/C26H20N2O4/c29-25(27-14-6-7-15-27)21-17-20-11-4-5-12-22(20)28(24(21)23-13-8-16-31-23)26(30)32-18-19-9-2-1-3-10-19/h1-17,24H,18H2. The summed E-state index contributed by atoms with van der Waals surface area (Å²) in [5.74, 6) is 0.231. The van der Waals surface area contributed by atoms with E-state index in [1.807, 2.05) is 60.7 Å². The average Bonchev–Trinajstić information content (AvgIpc) is 3.56. The number of ether oxygens (including phenoxy) is 1. The topological polar surface area (TPSA) is 64.7 Å². The molecule has 0 bridgehead atoms. The van der Waals surface area contributed by atoms with E-state index in [9.17, 15) is 9.59 Å². The van der Waals surface area contributed by atoms with Gasteiger partial charge in [0.2, 0.25) is 0 Å². The second-order valence-corrected chi connectivity index (χ2v) is 7.38. The molecule has 1 atom stereocenters. The fourth-order valence-electron chi connectivity index (χ4n) is 3.87. The molecule has 4 aromatic rings. The monoisotopic (exact) mass is 424 g/mol. The lowest BCUT2D eigenvalue weighted by Crippen LogP contribution is -2.40. The molecule has 6 nitrogen and oxygen atoms in total. The lowest BCUT2D eigenvalue weighted by molar-refractivity contribution is 0.0946. The number of carbonyl (C=O) groups excluding carboxylic acids is 2. The molecule has 0 N–H and O–H groups in total. The summed E-state index contributed by atoms with van der Waals surface area (Å²) in [4.78, 5) is 28.3. The summed E-state index contributed by atoms with van der Waals surface area (Å²) in [6, 6.07) is 23.2. The number of anilines is 1. The molecule has 0 radical (unpaired) electrons. The summed E-state index contributed by atoms with van der Waals surface area (Å²) in [5, 5.41) is 0. The first-order valence-corrected chi connectivity index (χ1v) is 10.2. The predicted octanol–water partition coefficient (Wildman–Crippen LogP) is 5.70. The van der Waals surface area contributed by atoms with Crippen molar-refractivity contribution < 1.29 is 18.7 Å². The average molecular weight is 424 g/mol. The number of hydrogen-bond acceptors (Lipinski definition) is 4. The molecule has 32 heavy (non-hydrogen) atoms. The largest absolute Gasteiger partial charge is 0.467 e. The maximum Gasteiger partial charge on any atom is 0.415 e. The predicted molar refractivity (Wildman–Crippen MR) is 120 cm³/mol. The molecule has 1 amide bonds. The van der Waals surface area contributed by atoms with Crippen LogP contribution in [-0.2, 0) is 11.3 Å². The van der Waals surface area contributed by atoms with E-state index in [2.05, 4.69) is 0 Å². The number of furan rings is 1. The smallest absolute Gasteiger partial charge is 0.415 e. The molecule has 158 valence electrons. The lowest BCUT2D eigenvalue weighted by atomic mass is 9.93. The van der Waals surface area contributed by atoms with Crippen LogP contribution in [0.1, 0.15) is 27.7 Å². The van der Waals surface area contributed by atoms with Gasteiger partial charge in [0.15, 0.2) is 0 Å². The number of aromatic nitrogens is 1. The second-order valence-electron chi connectivity index (χ2n) is 7.38. The molecule has 3 heterocycles. The van der Waals surface area contributed by atoms with Crippen LogP contribution < -0.4 is 4.90 Å². The molecular formula is C26H20N2O4. The van der Waals surface area contributed by atoms with Gasteiger partial charge in [0.1, 0.15) is 18.4 Å². The van der Waals surface area contributed by atoms with Gasteiger partial charge in [-0.05, 0) is 47.5 Å². The minimum atomic E-state index is -0.766. The van der Waals surface area contributed by atoms with E-state index in [1.54, 1.807) is 36.7 Å². The van der Waals surface area contributed by atoms with Gasteiger partial charge in [-0.2, -0.15) is 0 Å². The maximum absolute atomic E-state index is 13.4. The number of carbonyl (C=O) groups is 2. The Morgan fingerprint density at radius 1 is 0.875 bits per heavy atom. The summed E-state index contributed by atoms with van der Waals surface area (Å²) >= 11 is 0. The number of hydrogen-bond donors (Lipinski definition) is 0. The number of fused-ring (bicyclic) bond motifs is 1. The summed E-state index contributed by atoms with van der Waals surface area (Å²) in [6.45, 7) is 0.119. The Hall–Kier alpha value is -4.32. The molecule has 0 saturated heterocycles. The Bertz CT molecular complexity index is 1260. The van der Waals surface area contributed by atoms with Crippen LogP contribution in [-0.4, -0.2) is 16.6 Å². The number of para-hydroxylation sites is 1. The molecule has 1 aliphatic rings. The van der Waals surface area contributed by atoms with Crippen LogP contribution in [0.5, 0.6) is 0 Å². The van der Waals surface area contributed by atoms with Gasteiger partial charge in [-0.15, -0.1) is 0 Å². The van der Waals surface area contributed by atoms with Crippen molar-refractivity contribution in [3.8, 4) is 0 Å². The molecule has 0 spiro atoms. The molecule has 0 fully saturated rings. The van der Waals surface area contributed by atoms with Crippen LogP contribution in [0.4, 0.5) is 10.5 Å². The zero-order chi connectivity index (χ0) is 21.9. The van der Waals surface area contributed by atoms with E-state index in [1.165, 1.54) is 15.7 Å². The maximum atomic E-state index is 13.4. The van der Waals surface area contributed by atoms with Gasteiger partial charge >= 0.3 is 6.09 Å². The van der Waals surface area contributed by atoms with Crippen molar-refractivity contribution in [2.24, 2.45) is 0 Å².